The largest absolute Gasteiger partial charge is 0.349 e. The summed E-state index contributed by atoms with van der Waals surface area (Å²) in [5, 5.41) is 3.60. The van der Waals surface area contributed by atoms with E-state index >= 15 is 0 Å². The highest BCUT2D eigenvalue weighted by atomic mass is 19.1. The molecule has 0 unspecified atom stereocenters. The van der Waals surface area contributed by atoms with Crippen LogP contribution in [0.5, 0.6) is 0 Å². The van der Waals surface area contributed by atoms with Gasteiger partial charge in [-0.15, -0.1) is 0 Å². The molecule has 0 fully saturated rings. The third-order valence-corrected chi connectivity index (χ3v) is 4.12. The number of halogens is 1. The third kappa shape index (κ3) is 1.82. The first-order valence-electron chi connectivity index (χ1n) is 7.18. The zero-order valence-electron chi connectivity index (χ0n) is 12.0. The van der Waals surface area contributed by atoms with Crippen molar-refractivity contribution in [3.63, 3.8) is 0 Å². The van der Waals surface area contributed by atoms with Crippen molar-refractivity contribution in [2.24, 2.45) is 0 Å². The Bertz CT molecular complexity index is 886. The Morgan fingerprint density at radius 1 is 1.27 bits per heavy atom. The molecular weight excluding hydrogens is 281 g/mol. The lowest BCUT2D eigenvalue weighted by molar-refractivity contribution is 0.0919. The molecule has 0 radical (unpaired) electrons. The minimum atomic E-state index is -0.310. The highest BCUT2D eigenvalue weighted by Crippen LogP contribution is 2.35. The van der Waals surface area contributed by atoms with E-state index < -0.39 is 0 Å². The zero-order valence-corrected chi connectivity index (χ0v) is 12.0. The van der Waals surface area contributed by atoms with Gasteiger partial charge in [-0.2, -0.15) is 0 Å². The maximum absolute atomic E-state index is 14.0. The van der Waals surface area contributed by atoms with Crippen molar-refractivity contribution in [1.29, 1.82) is 0 Å². The average Bonchev–Trinajstić information content (AvgIpc) is 2.91. The molecular formula is C17H14FN3O. The molecule has 4 rings (SSSR count). The Morgan fingerprint density at radius 2 is 2.05 bits per heavy atom. The van der Waals surface area contributed by atoms with E-state index in [0.717, 1.165) is 22.0 Å². The molecule has 1 atom stereocenters. The fourth-order valence-electron chi connectivity index (χ4n) is 3.14. The molecule has 0 bridgehead atoms. The van der Waals surface area contributed by atoms with E-state index in [4.69, 9.17) is 0 Å². The smallest absolute Gasteiger partial charge is 0.268 e. The molecule has 0 saturated heterocycles. The summed E-state index contributed by atoms with van der Waals surface area (Å²) in [5.74, 6) is -0.425. The molecule has 3 heterocycles. The topological polar surface area (TPSA) is 46.9 Å². The van der Waals surface area contributed by atoms with Crippen molar-refractivity contribution in [2.45, 2.75) is 13.0 Å². The molecule has 110 valence electrons. The summed E-state index contributed by atoms with van der Waals surface area (Å²) < 4.78 is 16.0. The fourth-order valence-corrected chi connectivity index (χ4v) is 3.14. The Labute approximate surface area is 126 Å². The van der Waals surface area contributed by atoms with E-state index in [-0.39, 0.29) is 17.8 Å². The highest BCUT2D eigenvalue weighted by Gasteiger charge is 2.26. The van der Waals surface area contributed by atoms with Crippen LogP contribution in [0, 0.1) is 5.82 Å². The van der Waals surface area contributed by atoms with Crippen molar-refractivity contribution >= 4 is 16.8 Å². The maximum atomic E-state index is 14.0. The Morgan fingerprint density at radius 3 is 2.82 bits per heavy atom. The average molecular weight is 295 g/mol. The summed E-state index contributed by atoms with van der Waals surface area (Å²) in [6.07, 6.45) is 3.37. The van der Waals surface area contributed by atoms with Gasteiger partial charge in [0.25, 0.3) is 5.91 Å². The van der Waals surface area contributed by atoms with E-state index in [1.165, 1.54) is 12.1 Å². The van der Waals surface area contributed by atoms with Gasteiger partial charge in [0.05, 0.1) is 5.52 Å². The molecule has 1 aliphatic heterocycles. The van der Waals surface area contributed by atoms with Crippen molar-refractivity contribution in [3.05, 3.63) is 54.2 Å². The van der Waals surface area contributed by atoms with Crippen LogP contribution >= 0.6 is 0 Å². The SMILES string of the molecule is C[C@@H]1CNC(=O)c2cc3cc(F)cc(-c4ccncc4)c3n21. The second kappa shape index (κ2) is 4.66. The minimum Gasteiger partial charge on any atom is -0.349 e. The summed E-state index contributed by atoms with van der Waals surface area (Å²) in [6, 6.07) is 8.57. The number of carbonyl (C=O) groups is 1. The number of nitrogens with zero attached hydrogens (tertiary/aromatic N) is 2. The third-order valence-electron chi connectivity index (χ3n) is 4.12. The van der Waals surface area contributed by atoms with Crippen LogP contribution in [0.3, 0.4) is 0 Å². The molecule has 5 heteroatoms. The van der Waals surface area contributed by atoms with Gasteiger partial charge in [0.2, 0.25) is 0 Å². The maximum Gasteiger partial charge on any atom is 0.268 e. The highest BCUT2D eigenvalue weighted by molar-refractivity contribution is 6.03. The van der Waals surface area contributed by atoms with E-state index in [0.29, 0.717) is 12.2 Å². The number of benzene rings is 1. The van der Waals surface area contributed by atoms with Crippen molar-refractivity contribution in [1.82, 2.24) is 14.9 Å². The number of aromatic nitrogens is 2. The van der Waals surface area contributed by atoms with Gasteiger partial charge in [0.1, 0.15) is 11.5 Å². The Hall–Kier alpha value is -2.69. The predicted octanol–water partition coefficient (Wildman–Crippen LogP) is 3.15. The summed E-state index contributed by atoms with van der Waals surface area (Å²) in [5.41, 5.74) is 3.14. The molecule has 4 nitrogen and oxygen atoms in total. The quantitative estimate of drug-likeness (QED) is 0.749. The number of rotatable bonds is 1. The Balaban J connectivity index is 2.11. The van der Waals surface area contributed by atoms with Crippen LogP contribution in [-0.4, -0.2) is 22.0 Å². The van der Waals surface area contributed by atoms with Gasteiger partial charge in [-0.25, -0.2) is 4.39 Å². The summed E-state index contributed by atoms with van der Waals surface area (Å²) >= 11 is 0. The molecule has 1 amide bonds. The number of hydrogen-bond donors (Lipinski definition) is 1. The molecule has 3 aromatic rings. The number of fused-ring (bicyclic) bond motifs is 3. The van der Waals surface area contributed by atoms with E-state index in [9.17, 15) is 9.18 Å². The van der Waals surface area contributed by atoms with E-state index in [1.807, 2.05) is 23.6 Å². The molecule has 22 heavy (non-hydrogen) atoms. The Kier molecular flexibility index (Phi) is 2.76. The van der Waals surface area contributed by atoms with Crippen LogP contribution in [0.25, 0.3) is 22.0 Å². The number of carbonyl (C=O) groups excluding carboxylic acids is 1. The number of nitrogens with one attached hydrogen (secondary N) is 1. The first-order chi connectivity index (χ1) is 10.6. The molecule has 1 N–H and O–H groups in total. The predicted molar refractivity (Wildman–Crippen MR) is 82.2 cm³/mol. The second-order valence-corrected chi connectivity index (χ2v) is 5.59. The van der Waals surface area contributed by atoms with Crippen molar-refractivity contribution in [2.75, 3.05) is 6.54 Å². The molecule has 1 aromatic carbocycles. The van der Waals surface area contributed by atoms with Crippen LogP contribution in [0.15, 0.2) is 42.7 Å². The lowest BCUT2D eigenvalue weighted by atomic mass is 10.0. The molecule has 0 aliphatic carbocycles. The monoisotopic (exact) mass is 295 g/mol. The summed E-state index contributed by atoms with van der Waals surface area (Å²) in [6.45, 7) is 2.62. The first-order valence-corrected chi connectivity index (χ1v) is 7.18. The second-order valence-electron chi connectivity index (χ2n) is 5.59. The van der Waals surface area contributed by atoms with E-state index in [2.05, 4.69) is 10.3 Å². The zero-order chi connectivity index (χ0) is 15.3. The lowest BCUT2D eigenvalue weighted by Gasteiger charge is -2.25. The van der Waals surface area contributed by atoms with E-state index in [1.54, 1.807) is 18.5 Å². The van der Waals surface area contributed by atoms with Crippen molar-refractivity contribution in [3.8, 4) is 11.1 Å². The molecule has 1 aliphatic rings. The van der Waals surface area contributed by atoms with Crippen LogP contribution in [0.4, 0.5) is 4.39 Å². The van der Waals surface area contributed by atoms with Crippen LogP contribution in [0.2, 0.25) is 0 Å². The van der Waals surface area contributed by atoms with Crippen molar-refractivity contribution < 1.29 is 9.18 Å². The van der Waals surface area contributed by atoms with Crippen LogP contribution < -0.4 is 5.32 Å². The van der Waals surface area contributed by atoms with Gasteiger partial charge in [-0.1, -0.05) is 0 Å². The first kappa shape index (κ1) is 13.0. The lowest BCUT2D eigenvalue weighted by Crippen LogP contribution is -2.37. The molecule has 0 spiro atoms. The number of hydrogen-bond acceptors (Lipinski definition) is 2. The van der Waals surface area contributed by atoms with Gasteiger partial charge in [0, 0.05) is 35.9 Å². The molecule has 0 saturated carbocycles. The van der Waals surface area contributed by atoms with Gasteiger partial charge < -0.3 is 9.88 Å². The summed E-state index contributed by atoms with van der Waals surface area (Å²) in [7, 11) is 0. The van der Waals surface area contributed by atoms with Gasteiger partial charge in [-0.05, 0) is 42.8 Å². The van der Waals surface area contributed by atoms with Gasteiger partial charge in [0.15, 0.2) is 0 Å². The van der Waals surface area contributed by atoms with Crippen LogP contribution in [0.1, 0.15) is 23.5 Å². The van der Waals surface area contributed by atoms with Crippen LogP contribution in [-0.2, 0) is 0 Å². The standard InChI is InChI=1S/C17H14FN3O/c1-10-9-20-17(22)15-7-12-6-13(18)8-14(16(12)21(10)15)11-2-4-19-5-3-11/h2-8,10H,9H2,1H3,(H,20,22)/t10-/m1/s1. The minimum absolute atomic E-state index is 0.115. The number of pyridine rings is 1. The summed E-state index contributed by atoms with van der Waals surface area (Å²) in [4.78, 5) is 16.1. The normalized spacial score (nSPS) is 17.4. The van der Waals surface area contributed by atoms with Gasteiger partial charge in [-0.3, -0.25) is 9.78 Å². The number of amides is 1. The fraction of sp³-hybridized carbons (Fsp3) is 0.176. The molecule has 2 aromatic heterocycles. The van der Waals surface area contributed by atoms with Gasteiger partial charge >= 0.3 is 0 Å².